The lowest BCUT2D eigenvalue weighted by atomic mass is 10.2. The second-order valence-corrected chi connectivity index (χ2v) is 5.35. The average molecular weight is 328 g/mol. The molecule has 0 atom stereocenters. The Hall–Kier alpha value is -3.03. The van der Waals surface area contributed by atoms with Crippen LogP contribution in [0.15, 0.2) is 42.9 Å². The van der Waals surface area contributed by atoms with Crippen LogP contribution in [-0.4, -0.2) is 30.5 Å². The van der Waals surface area contributed by atoms with Crippen molar-refractivity contribution in [3.8, 4) is 0 Å². The number of carbonyl (C=O) groups excluding carboxylic acids is 1. The number of nitrogens with one attached hydrogen (secondary N) is 1. The summed E-state index contributed by atoms with van der Waals surface area (Å²) >= 11 is 0. The van der Waals surface area contributed by atoms with Crippen molar-refractivity contribution in [2.24, 2.45) is 0 Å². The molecule has 0 fully saturated rings. The smallest absolute Gasteiger partial charge is 0.248 e. The largest absolute Gasteiger partial charge is 0.293 e. The van der Waals surface area contributed by atoms with Crippen molar-refractivity contribution in [2.75, 3.05) is 5.32 Å². The molecule has 0 radical (unpaired) electrons. The van der Waals surface area contributed by atoms with E-state index < -0.39 is 0 Å². The molecule has 1 aromatic carbocycles. The van der Waals surface area contributed by atoms with E-state index in [1.54, 1.807) is 29.1 Å². The fourth-order valence-electron chi connectivity index (χ4n) is 2.26. The molecule has 0 spiro atoms. The summed E-state index contributed by atoms with van der Waals surface area (Å²) in [6.45, 7) is 2.67. The number of anilines is 1. The SMILES string of the molecule is Cc1ccnn1CCC(=O)Nc1ncn(Cc2ccccc2F)n1. The van der Waals surface area contributed by atoms with Gasteiger partial charge in [-0.15, -0.1) is 5.10 Å². The minimum absolute atomic E-state index is 0.200. The third kappa shape index (κ3) is 3.83. The summed E-state index contributed by atoms with van der Waals surface area (Å²) < 4.78 is 16.9. The third-order valence-electron chi connectivity index (χ3n) is 3.56. The van der Waals surface area contributed by atoms with E-state index in [1.807, 2.05) is 13.0 Å². The lowest BCUT2D eigenvalue weighted by Gasteiger charge is -2.04. The molecular formula is C16H17FN6O. The maximum atomic E-state index is 13.6. The van der Waals surface area contributed by atoms with Crippen molar-refractivity contribution in [1.29, 1.82) is 0 Å². The van der Waals surface area contributed by atoms with Crippen molar-refractivity contribution >= 4 is 11.9 Å². The Morgan fingerprint density at radius 1 is 1.29 bits per heavy atom. The number of nitrogens with zero attached hydrogens (tertiary/aromatic N) is 5. The van der Waals surface area contributed by atoms with E-state index in [9.17, 15) is 9.18 Å². The van der Waals surface area contributed by atoms with Crippen LogP contribution < -0.4 is 5.32 Å². The molecule has 124 valence electrons. The number of amides is 1. The van der Waals surface area contributed by atoms with E-state index in [4.69, 9.17) is 0 Å². The Labute approximate surface area is 138 Å². The number of aromatic nitrogens is 5. The fraction of sp³-hybridized carbons (Fsp3) is 0.250. The Morgan fingerprint density at radius 3 is 2.88 bits per heavy atom. The molecule has 0 aliphatic rings. The lowest BCUT2D eigenvalue weighted by molar-refractivity contribution is -0.116. The Bertz CT molecular complexity index is 840. The van der Waals surface area contributed by atoms with Gasteiger partial charge in [0.2, 0.25) is 11.9 Å². The minimum atomic E-state index is -0.298. The molecular weight excluding hydrogens is 311 g/mol. The van der Waals surface area contributed by atoms with E-state index in [0.29, 0.717) is 12.1 Å². The number of hydrogen-bond donors (Lipinski definition) is 1. The zero-order chi connectivity index (χ0) is 16.9. The van der Waals surface area contributed by atoms with Crippen LogP contribution in [-0.2, 0) is 17.9 Å². The van der Waals surface area contributed by atoms with Gasteiger partial charge in [-0.1, -0.05) is 18.2 Å². The third-order valence-corrected chi connectivity index (χ3v) is 3.56. The van der Waals surface area contributed by atoms with Crippen molar-refractivity contribution in [1.82, 2.24) is 24.5 Å². The molecule has 1 amide bonds. The second-order valence-electron chi connectivity index (χ2n) is 5.35. The van der Waals surface area contributed by atoms with Gasteiger partial charge in [0, 0.05) is 30.4 Å². The summed E-state index contributed by atoms with van der Waals surface area (Å²) in [5.41, 5.74) is 1.50. The highest BCUT2D eigenvalue weighted by atomic mass is 19.1. The van der Waals surface area contributed by atoms with E-state index >= 15 is 0 Å². The first kappa shape index (κ1) is 15.9. The second kappa shape index (κ2) is 7.03. The lowest BCUT2D eigenvalue weighted by Crippen LogP contribution is -2.16. The number of benzene rings is 1. The molecule has 24 heavy (non-hydrogen) atoms. The van der Waals surface area contributed by atoms with Crippen LogP contribution >= 0.6 is 0 Å². The normalized spacial score (nSPS) is 10.8. The number of rotatable bonds is 6. The number of carbonyl (C=O) groups is 1. The van der Waals surface area contributed by atoms with Crippen molar-refractivity contribution in [3.05, 3.63) is 59.9 Å². The minimum Gasteiger partial charge on any atom is -0.293 e. The van der Waals surface area contributed by atoms with Crippen LogP contribution in [0.4, 0.5) is 10.3 Å². The predicted molar refractivity (Wildman–Crippen MR) is 85.7 cm³/mol. The Kier molecular flexibility index (Phi) is 4.64. The van der Waals surface area contributed by atoms with Crippen molar-refractivity contribution in [3.63, 3.8) is 0 Å². The van der Waals surface area contributed by atoms with E-state index in [2.05, 4.69) is 20.5 Å². The van der Waals surface area contributed by atoms with E-state index in [0.717, 1.165) is 5.69 Å². The Balaban J connectivity index is 1.55. The van der Waals surface area contributed by atoms with E-state index in [1.165, 1.54) is 17.1 Å². The maximum Gasteiger partial charge on any atom is 0.248 e. The predicted octanol–water partition coefficient (Wildman–Crippen LogP) is 2.00. The summed E-state index contributed by atoms with van der Waals surface area (Å²) in [6.07, 6.45) is 3.42. The first-order chi connectivity index (χ1) is 11.6. The van der Waals surface area contributed by atoms with Crippen LogP contribution in [0.1, 0.15) is 17.7 Å². The highest BCUT2D eigenvalue weighted by Gasteiger charge is 2.09. The van der Waals surface area contributed by atoms with Gasteiger partial charge < -0.3 is 0 Å². The molecule has 0 unspecified atom stereocenters. The highest BCUT2D eigenvalue weighted by Crippen LogP contribution is 2.09. The molecule has 1 N–H and O–H groups in total. The monoisotopic (exact) mass is 328 g/mol. The van der Waals surface area contributed by atoms with Crippen LogP contribution in [0.2, 0.25) is 0 Å². The molecule has 3 aromatic rings. The van der Waals surface area contributed by atoms with Crippen molar-refractivity contribution in [2.45, 2.75) is 26.4 Å². The number of hydrogen-bond acceptors (Lipinski definition) is 4. The Morgan fingerprint density at radius 2 is 2.12 bits per heavy atom. The van der Waals surface area contributed by atoms with Gasteiger partial charge in [0.1, 0.15) is 12.1 Å². The summed E-state index contributed by atoms with van der Waals surface area (Å²) in [4.78, 5) is 16.0. The quantitative estimate of drug-likeness (QED) is 0.751. The molecule has 0 bridgehead atoms. The molecule has 2 aromatic heterocycles. The fourth-order valence-corrected chi connectivity index (χ4v) is 2.26. The molecule has 3 rings (SSSR count). The maximum absolute atomic E-state index is 13.6. The van der Waals surface area contributed by atoms with Crippen LogP contribution in [0.3, 0.4) is 0 Å². The van der Waals surface area contributed by atoms with Crippen LogP contribution in [0.25, 0.3) is 0 Å². The summed E-state index contributed by atoms with van der Waals surface area (Å²) in [5.74, 6) is -0.296. The molecule has 7 nitrogen and oxygen atoms in total. The van der Waals surface area contributed by atoms with Gasteiger partial charge in [-0.3, -0.25) is 14.8 Å². The van der Waals surface area contributed by atoms with Gasteiger partial charge in [-0.25, -0.2) is 14.1 Å². The van der Waals surface area contributed by atoms with Gasteiger partial charge in [0.25, 0.3) is 0 Å². The van der Waals surface area contributed by atoms with Gasteiger partial charge in [0.15, 0.2) is 0 Å². The first-order valence-corrected chi connectivity index (χ1v) is 7.53. The highest BCUT2D eigenvalue weighted by molar-refractivity contribution is 5.88. The van der Waals surface area contributed by atoms with Crippen molar-refractivity contribution < 1.29 is 9.18 Å². The average Bonchev–Trinajstić information content (AvgIpc) is 3.17. The molecule has 2 heterocycles. The molecule has 8 heteroatoms. The van der Waals surface area contributed by atoms with E-state index in [-0.39, 0.29) is 30.6 Å². The first-order valence-electron chi connectivity index (χ1n) is 7.53. The van der Waals surface area contributed by atoms with Gasteiger partial charge in [-0.2, -0.15) is 5.10 Å². The molecule has 0 saturated carbocycles. The summed E-state index contributed by atoms with van der Waals surface area (Å²) in [7, 11) is 0. The topological polar surface area (TPSA) is 77.6 Å². The number of halogens is 1. The van der Waals surface area contributed by atoms with Gasteiger partial charge >= 0.3 is 0 Å². The van der Waals surface area contributed by atoms with Crippen LogP contribution in [0, 0.1) is 12.7 Å². The zero-order valence-electron chi connectivity index (χ0n) is 13.2. The standard InChI is InChI=1S/C16H17FN6O/c1-12-6-8-19-23(12)9-7-15(24)20-16-18-11-22(21-16)10-13-4-2-3-5-14(13)17/h2-6,8,11H,7,9-10H2,1H3,(H,20,21,24). The summed E-state index contributed by atoms with van der Waals surface area (Å²) in [5, 5.41) is 10.9. The number of aryl methyl sites for hydroxylation is 2. The van der Waals surface area contributed by atoms with Crippen LogP contribution in [0.5, 0.6) is 0 Å². The molecule has 0 aliphatic heterocycles. The zero-order valence-corrected chi connectivity index (χ0v) is 13.2. The summed E-state index contributed by atoms with van der Waals surface area (Å²) in [6, 6.07) is 8.35. The van der Waals surface area contributed by atoms with Gasteiger partial charge in [0.05, 0.1) is 6.54 Å². The molecule has 0 saturated heterocycles. The van der Waals surface area contributed by atoms with Gasteiger partial charge in [-0.05, 0) is 19.1 Å². The molecule has 0 aliphatic carbocycles.